The molecule has 0 aliphatic carbocycles. The SMILES string of the molecule is CCc1ccc(C(O)CN2CC(C)CC(C)C2C)cc1. The second kappa shape index (κ2) is 6.73. The summed E-state index contributed by atoms with van der Waals surface area (Å²) in [6.45, 7) is 11.0. The molecule has 4 atom stereocenters. The summed E-state index contributed by atoms with van der Waals surface area (Å²) >= 11 is 0. The Morgan fingerprint density at radius 2 is 1.85 bits per heavy atom. The van der Waals surface area contributed by atoms with E-state index in [0.29, 0.717) is 12.0 Å². The van der Waals surface area contributed by atoms with E-state index in [4.69, 9.17) is 0 Å². The van der Waals surface area contributed by atoms with E-state index in [0.717, 1.165) is 31.0 Å². The molecule has 0 radical (unpaired) electrons. The van der Waals surface area contributed by atoms with Crippen molar-refractivity contribution in [3.63, 3.8) is 0 Å². The number of aryl methyl sites for hydroxylation is 1. The van der Waals surface area contributed by atoms with Gasteiger partial charge in [0.1, 0.15) is 0 Å². The Kier molecular flexibility index (Phi) is 5.22. The Hall–Kier alpha value is -0.860. The lowest BCUT2D eigenvalue weighted by molar-refractivity contribution is 0.0316. The molecule has 1 N–H and O–H groups in total. The first-order valence-corrected chi connectivity index (χ1v) is 8.02. The minimum absolute atomic E-state index is 0.374. The van der Waals surface area contributed by atoms with Crippen molar-refractivity contribution in [3.05, 3.63) is 35.4 Å². The first-order chi connectivity index (χ1) is 9.51. The maximum Gasteiger partial charge on any atom is 0.0917 e. The maximum absolute atomic E-state index is 10.5. The summed E-state index contributed by atoms with van der Waals surface area (Å²) in [7, 11) is 0. The fourth-order valence-corrected chi connectivity index (χ4v) is 3.38. The maximum atomic E-state index is 10.5. The second-order valence-electron chi connectivity index (χ2n) is 6.62. The van der Waals surface area contributed by atoms with E-state index in [1.54, 1.807) is 0 Å². The Morgan fingerprint density at radius 1 is 1.20 bits per heavy atom. The Balaban J connectivity index is 2.00. The van der Waals surface area contributed by atoms with Crippen molar-refractivity contribution in [1.82, 2.24) is 4.90 Å². The molecule has 20 heavy (non-hydrogen) atoms. The molecule has 4 unspecified atom stereocenters. The van der Waals surface area contributed by atoms with Gasteiger partial charge in [-0.3, -0.25) is 4.90 Å². The highest BCUT2D eigenvalue weighted by molar-refractivity contribution is 5.24. The van der Waals surface area contributed by atoms with Gasteiger partial charge in [0.2, 0.25) is 0 Å². The van der Waals surface area contributed by atoms with Gasteiger partial charge in [-0.2, -0.15) is 0 Å². The zero-order valence-electron chi connectivity index (χ0n) is 13.3. The van der Waals surface area contributed by atoms with Crippen LogP contribution in [0.15, 0.2) is 24.3 Å². The summed E-state index contributed by atoms with van der Waals surface area (Å²) in [4.78, 5) is 2.46. The molecule has 0 aromatic heterocycles. The van der Waals surface area contributed by atoms with E-state index in [-0.39, 0.29) is 6.10 Å². The van der Waals surface area contributed by atoms with E-state index in [9.17, 15) is 5.11 Å². The van der Waals surface area contributed by atoms with Crippen molar-refractivity contribution in [2.24, 2.45) is 11.8 Å². The monoisotopic (exact) mass is 275 g/mol. The van der Waals surface area contributed by atoms with E-state index in [2.05, 4.69) is 56.9 Å². The topological polar surface area (TPSA) is 23.5 Å². The average Bonchev–Trinajstić information content (AvgIpc) is 2.44. The van der Waals surface area contributed by atoms with Crippen LogP contribution in [0.5, 0.6) is 0 Å². The molecule has 0 saturated carbocycles. The van der Waals surface area contributed by atoms with E-state index >= 15 is 0 Å². The number of aliphatic hydroxyl groups is 1. The molecular formula is C18H29NO. The van der Waals surface area contributed by atoms with Crippen LogP contribution in [0, 0.1) is 11.8 Å². The fourth-order valence-electron chi connectivity index (χ4n) is 3.38. The number of likely N-dealkylation sites (tertiary alicyclic amines) is 1. The van der Waals surface area contributed by atoms with E-state index in [1.807, 2.05) is 0 Å². The molecule has 2 nitrogen and oxygen atoms in total. The summed E-state index contributed by atoms with van der Waals surface area (Å²) in [5.41, 5.74) is 2.37. The van der Waals surface area contributed by atoms with Gasteiger partial charge < -0.3 is 5.11 Å². The largest absolute Gasteiger partial charge is 0.387 e. The van der Waals surface area contributed by atoms with Crippen LogP contribution in [0.3, 0.4) is 0 Å². The van der Waals surface area contributed by atoms with Gasteiger partial charge in [0.15, 0.2) is 0 Å². The number of piperidine rings is 1. The lowest BCUT2D eigenvalue weighted by Crippen LogP contribution is -2.47. The standard InChI is InChI=1S/C18H29NO/c1-5-16-6-8-17(9-7-16)18(20)12-19-11-13(2)10-14(3)15(19)4/h6-9,13-15,18,20H,5,10-12H2,1-4H3. The molecule has 1 aromatic carbocycles. The van der Waals surface area contributed by atoms with Crippen LogP contribution in [0.2, 0.25) is 0 Å². The number of β-amino-alcohol motifs (C(OH)–C–C–N with tert-alkyl or cyclic N) is 1. The van der Waals surface area contributed by atoms with Crippen LogP contribution in [-0.4, -0.2) is 29.1 Å². The van der Waals surface area contributed by atoms with Crippen molar-refractivity contribution >= 4 is 0 Å². The fraction of sp³-hybridized carbons (Fsp3) is 0.667. The minimum atomic E-state index is -0.374. The third-order valence-corrected chi connectivity index (χ3v) is 4.90. The summed E-state index contributed by atoms with van der Waals surface area (Å²) in [6.07, 6.45) is 1.98. The smallest absolute Gasteiger partial charge is 0.0917 e. The van der Waals surface area contributed by atoms with Gasteiger partial charge in [0.25, 0.3) is 0 Å². The van der Waals surface area contributed by atoms with Crippen LogP contribution in [0.4, 0.5) is 0 Å². The predicted octanol–water partition coefficient (Wildman–Crippen LogP) is 3.65. The highest BCUT2D eigenvalue weighted by atomic mass is 16.3. The van der Waals surface area contributed by atoms with Crippen molar-refractivity contribution < 1.29 is 5.11 Å². The lowest BCUT2D eigenvalue weighted by atomic mass is 9.85. The van der Waals surface area contributed by atoms with Crippen LogP contribution in [0.1, 0.15) is 51.3 Å². The lowest BCUT2D eigenvalue weighted by Gasteiger charge is -2.42. The molecule has 0 spiro atoms. The van der Waals surface area contributed by atoms with Gasteiger partial charge in [0, 0.05) is 19.1 Å². The number of benzene rings is 1. The Bertz CT molecular complexity index is 414. The van der Waals surface area contributed by atoms with E-state index < -0.39 is 0 Å². The first kappa shape index (κ1) is 15.5. The normalized spacial score (nSPS) is 29.4. The number of hydrogen-bond acceptors (Lipinski definition) is 2. The van der Waals surface area contributed by atoms with Gasteiger partial charge in [-0.05, 0) is 42.7 Å². The molecular weight excluding hydrogens is 246 g/mol. The summed E-state index contributed by atoms with van der Waals surface area (Å²) < 4.78 is 0. The van der Waals surface area contributed by atoms with Crippen molar-refractivity contribution in [3.8, 4) is 0 Å². The summed E-state index contributed by atoms with van der Waals surface area (Å²) in [6, 6.07) is 8.97. The van der Waals surface area contributed by atoms with Crippen LogP contribution < -0.4 is 0 Å². The van der Waals surface area contributed by atoms with Crippen LogP contribution in [-0.2, 0) is 6.42 Å². The number of aliphatic hydroxyl groups excluding tert-OH is 1. The molecule has 1 heterocycles. The third kappa shape index (κ3) is 3.62. The molecule has 1 saturated heterocycles. The van der Waals surface area contributed by atoms with Crippen LogP contribution >= 0.6 is 0 Å². The van der Waals surface area contributed by atoms with Gasteiger partial charge in [-0.25, -0.2) is 0 Å². The number of rotatable bonds is 4. The molecule has 2 rings (SSSR count). The van der Waals surface area contributed by atoms with Gasteiger partial charge in [-0.15, -0.1) is 0 Å². The Labute approximate surface area is 123 Å². The minimum Gasteiger partial charge on any atom is -0.387 e. The first-order valence-electron chi connectivity index (χ1n) is 8.02. The van der Waals surface area contributed by atoms with Crippen molar-refractivity contribution in [2.75, 3.05) is 13.1 Å². The Morgan fingerprint density at radius 3 is 2.45 bits per heavy atom. The molecule has 1 aliphatic heterocycles. The molecule has 0 bridgehead atoms. The second-order valence-corrected chi connectivity index (χ2v) is 6.62. The highest BCUT2D eigenvalue weighted by Crippen LogP contribution is 2.28. The highest BCUT2D eigenvalue weighted by Gasteiger charge is 2.29. The van der Waals surface area contributed by atoms with Crippen molar-refractivity contribution in [1.29, 1.82) is 0 Å². The molecule has 1 aliphatic rings. The average molecular weight is 275 g/mol. The quantitative estimate of drug-likeness (QED) is 0.906. The van der Waals surface area contributed by atoms with Crippen molar-refractivity contribution in [2.45, 2.75) is 52.7 Å². The number of hydrogen-bond donors (Lipinski definition) is 1. The molecule has 1 fully saturated rings. The summed E-state index contributed by atoms with van der Waals surface area (Å²) in [5.74, 6) is 1.45. The third-order valence-electron chi connectivity index (χ3n) is 4.90. The molecule has 1 aromatic rings. The van der Waals surface area contributed by atoms with Gasteiger partial charge >= 0.3 is 0 Å². The van der Waals surface area contributed by atoms with Gasteiger partial charge in [-0.1, -0.05) is 45.0 Å². The molecule has 2 heteroatoms. The van der Waals surface area contributed by atoms with E-state index in [1.165, 1.54) is 12.0 Å². The van der Waals surface area contributed by atoms with Gasteiger partial charge in [0.05, 0.1) is 6.10 Å². The molecule has 112 valence electrons. The zero-order chi connectivity index (χ0) is 14.7. The predicted molar refractivity (Wildman–Crippen MR) is 84.8 cm³/mol. The molecule has 0 amide bonds. The summed E-state index contributed by atoms with van der Waals surface area (Å²) in [5, 5.41) is 10.5. The zero-order valence-corrected chi connectivity index (χ0v) is 13.3. The van der Waals surface area contributed by atoms with Crippen LogP contribution in [0.25, 0.3) is 0 Å². The number of nitrogens with zero attached hydrogens (tertiary/aromatic N) is 1.